The zero-order chi connectivity index (χ0) is 14.6. The third kappa shape index (κ3) is 3.58. The van der Waals surface area contributed by atoms with E-state index < -0.39 is 5.54 Å². The monoisotopic (exact) mass is 272 g/mol. The summed E-state index contributed by atoms with van der Waals surface area (Å²) in [6, 6.07) is 12.6. The Morgan fingerprint density at radius 3 is 2.70 bits per heavy atom. The average Bonchev–Trinajstić information content (AvgIpc) is 3.30. The van der Waals surface area contributed by atoms with E-state index in [4.69, 9.17) is 0 Å². The molecule has 106 valence electrons. The molecule has 1 fully saturated rings. The molecule has 1 aromatic rings. The maximum Gasteiger partial charge on any atom is 0.276 e. The van der Waals surface area contributed by atoms with E-state index in [1.54, 1.807) is 0 Å². The van der Waals surface area contributed by atoms with Crippen molar-refractivity contribution in [2.24, 2.45) is 5.92 Å². The number of carbonyl (C=O) groups is 1. The molecule has 0 bridgehead atoms. The number of nitriles is 1. The van der Waals surface area contributed by atoms with Crippen LogP contribution in [0.4, 0.5) is 0 Å². The number of rotatable bonds is 6. The fourth-order valence-electron chi connectivity index (χ4n) is 2.40. The lowest BCUT2D eigenvalue weighted by Crippen LogP contribution is -2.87. The van der Waals surface area contributed by atoms with Gasteiger partial charge in [-0.1, -0.05) is 30.3 Å². The second kappa shape index (κ2) is 6.06. The van der Waals surface area contributed by atoms with Crippen LogP contribution in [0.15, 0.2) is 30.3 Å². The Bertz CT molecular complexity index is 504. The Morgan fingerprint density at radius 1 is 1.50 bits per heavy atom. The Kier molecular flexibility index (Phi) is 4.41. The summed E-state index contributed by atoms with van der Waals surface area (Å²) in [7, 11) is 0. The molecule has 2 atom stereocenters. The van der Waals surface area contributed by atoms with Gasteiger partial charge in [0.1, 0.15) is 11.6 Å². The van der Waals surface area contributed by atoms with Crippen molar-refractivity contribution >= 4 is 5.91 Å². The number of quaternary nitrogens is 1. The number of nitrogens with one attached hydrogen (secondary N) is 1. The van der Waals surface area contributed by atoms with Crippen molar-refractivity contribution in [2.45, 2.75) is 38.3 Å². The summed E-state index contributed by atoms with van der Waals surface area (Å²) < 4.78 is 0. The first-order chi connectivity index (χ1) is 9.55. The Hall–Kier alpha value is -1.86. The largest absolute Gasteiger partial charge is 0.333 e. The van der Waals surface area contributed by atoms with E-state index >= 15 is 0 Å². The molecule has 20 heavy (non-hydrogen) atoms. The molecule has 1 aliphatic carbocycles. The minimum Gasteiger partial charge on any atom is -0.333 e. The first kappa shape index (κ1) is 14.5. The topological polar surface area (TPSA) is 69.5 Å². The van der Waals surface area contributed by atoms with E-state index in [1.807, 2.05) is 30.4 Å². The number of nitrogens with two attached hydrogens (primary N) is 1. The summed E-state index contributed by atoms with van der Waals surface area (Å²) >= 11 is 0. The highest BCUT2D eigenvalue weighted by molar-refractivity contribution is 5.78. The summed E-state index contributed by atoms with van der Waals surface area (Å²) in [4.78, 5) is 12.0. The third-order valence-corrected chi connectivity index (χ3v) is 4.01. The van der Waals surface area contributed by atoms with Gasteiger partial charge < -0.3 is 10.6 Å². The molecule has 2 rings (SSSR count). The first-order valence-corrected chi connectivity index (χ1v) is 7.15. The number of hydrogen-bond donors (Lipinski definition) is 2. The van der Waals surface area contributed by atoms with Crippen molar-refractivity contribution < 1.29 is 10.1 Å². The summed E-state index contributed by atoms with van der Waals surface area (Å²) in [5.41, 5.74) is 0.506. The summed E-state index contributed by atoms with van der Waals surface area (Å²) in [5.74, 6) is 0.256. The van der Waals surface area contributed by atoms with Crippen molar-refractivity contribution in [3.8, 4) is 6.07 Å². The maximum absolute atomic E-state index is 12.0. The molecule has 4 heteroatoms. The minimum absolute atomic E-state index is 0.0660. The molecule has 3 N–H and O–H groups in total. The molecule has 1 amide bonds. The minimum atomic E-state index is -0.694. The molecule has 0 saturated heterocycles. The standard InChI is InChI=1S/C16H21N3O/c1-12(13-6-4-3-5-7-13)18-10-15(20)19-16(2,11-17)14-8-9-14/h3-7,12,14,18H,8-10H2,1-2H3,(H,19,20)/p+1/t12-,16+/m0/s1. The summed E-state index contributed by atoms with van der Waals surface area (Å²) in [6.07, 6.45) is 2.07. The first-order valence-electron chi connectivity index (χ1n) is 7.15. The quantitative estimate of drug-likeness (QED) is 0.814. The zero-order valence-corrected chi connectivity index (χ0v) is 12.1. The van der Waals surface area contributed by atoms with Crippen LogP contribution in [0.25, 0.3) is 0 Å². The van der Waals surface area contributed by atoms with Crippen LogP contribution >= 0.6 is 0 Å². The Balaban J connectivity index is 1.82. The molecule has 0 radical (unpaired) electrons. The van der Waals surface area contributed by atoms with Crippen molar-refractivity contribution in [2.75, 3.05) is 6.54 Å². The highest BCUT2D eigenvalue weighted by Crippen LogP contribution is 2.39. The lowest BCUT2D eigenvalue weighted by molar-refractivity contribution is -0.682. The highest BCUT2D eigenvalue weighted by Gasteiger charge is 2.43. The molecule has 1 aliphatic rings. The molecule has 0 heterocycles. The number of hydrogen-bond acceptors (Lipinski definition) is 2. The van der Waals surface area contributed by atoms with Crippen LogP contribution in [0.5, 0.6) is 0 Å². The SMILES string of the molecule is C[C@H]([NH2+]CC(=O)N[C@](C)(C#N)C1CC1)c1ccccc1. The van der Waals surface area contributed by atoms with Crippen LogP contribution in [0.2, 0.25) is 0 Å². The van der Waals surface area contributed by atoms with Crippen LogP contribution in [0, 0.1) is 17.2 Å². The zero-order valence-electron chi connectivity index (χ0n) is 12.1. The van der Waals surface area contributed by atoms with Gasteiger partial charge in [-0.25, -0.2) is 0 Å². The van der Waals surface area contributed by atoms with Crippen molar-refractivity contribution in [3.05, 3.63) is 35.9 Å². The molecule has 0 aliphatic heterocycles. The number of carbonyl (C=O) groups excluding carboxylic acids is 1. The van der Waals surface area contributed by atoms with Gasteiger partial charge in [0.2, 0.25) is 0 Å². The van der Waals surface area contributed by atoms with Crippen LogP contribution in [-0.2, 0) is 4.79 Å². The van der Waals surface area contributed by atoms with Crippen LogP contribution < -0.4 is 10.6 Å². The summed E-state index contributed by atoms with van der Waals surface area (Å²) in [6.45, 7) is 4.25. The molecule has 4 nitrogen and oxygen atoms in total. The molecular formula is C16H22N3O+. The van der Waals surface area contributed by atoms with E-state index in [-0.39, 0.29) is 11.9 Å². The van der Waals surface area contributed by atoms with E-state index in [0.717, 1.165) is 12.8 Å². The van der Waals surface area contributed by atoms with Gasteiger partial charge >= 0.3 is 0 Å². The Labute approximate surface area is 120 Å². The average molecular weight is 272 g/mol. The van der Waals surface area contributed by atoms with E-state index in [2.05, 4.69) is 30.4 Å². The predicted octanol–water partition coefficient (Wildman–Crippen LogP) is 1.12. The highest BCUT2D eigenvalue weighted by atomic mass is 16.2. The number of nitrogens with zero attached hydrogens (tertiary/aromatic N) is 1. The molecule has 0 unspecified atom stereocenters. The van der Waals surface area contributed by atoms with Crippen molar-refractivity contribution in [3.63, 3.8) is 0 Å². The van der Waals surface area contributed by atoms with Gasteiger partial charge in [0.15, 0.2) is 6.54 Å². The summed E-state index contributed by atoms with van der Waals surface area (Å²) in [5, 5.41) is 14.1. The van der Waals surface area contributed by atoms with Gasteiger partial charge in [0, 0.05) is 5.56 Å². The second-order valence-electron chi connectivity index (χ2n) is 5.78. The number of amides is 1. The normalized spacial score (nSPS) is 18.6. The fraction of sp³-hybridized carbons (Fsp3) is 0.500. The molecule has 0 aromatic heterocycles. The lowest BCUT2D eigenvalue weighted by Gasteiger charge is -2.22. The van der Waals surface area contributed by atoms with Gasteiger partial charge in [-0.3, -0.25) is 4.79 Å². The molecule has 0 spiro atoms. The van der Waals surface area contributed by atoms with E-state index in [9.17, 15) is 10.1 Å². The molecule has 1 aromatic carbocycles. The third-order valence-electron chi connectivity index (χ3n) is 4.01. The van der Waals surface area contributed by atoms with Gasteiger partial charge in [0.05, 0.1) is 6.07 Å². The van der Waals surface area contributed by atoms with Crippen LogP contribution in [0.1, 0.15) is 38.3 Å². The fourth-order valence-corrected chi connectivity index (χ4v) is 2.40. The van der Waals surface area contributed by atoms with E-state index in [1.165, 1.54) is 5.56 Å². The van der Waals surface area contributed by atoms with Crippen LogP contribution in [0.3, 0.4) is 0 Å². The smallest absolute Gasteiger partial charge is 0.276 e. The van der Waals surface area contributed by atoms with Crippen molar-refractivity contribution in [1.82, 2.24) is 5.32 Å². The lowest BCUT2D eigenvalue weighted by atomic mass is 9.98. The second-order valence-corrected chi connectivity index (χ2v) is 5.78. The molecular weight excluding hydrogens is 250 g/mol. The van der Waals surface area contributed by atoms with Crippen LogP contribution in [-0.4, -0.2) is 18.0 Å². The van der Waals surface area contributed by atoms with Gasteiger partial charge in [-0.2, -0.15) is 5.26 Å². The maximum atomic E-state index is 12.0. The van der Waals surface area contributed by atoms with E-state index in [0.29, 0.717) is 12.5 Å². The van der Waals surface area contributed by atoms with Gasteiger partial charge in [0.25, 0.3) is 5.91 Å². The Morgan fingerprint density at radius 2 is 2.15 bits per heavy atom. The predicted molar refractivity (Wildman–Crippen MR) is 76.5 cm³/mol. The van der Waals surface area contributed by atoms with Gasteiger partial charge in [-0.05, 0) is 32.6 Å². The van der Waals surface area contributed by atoms with Gasteiger partial charge in [-0.15, -0.1) is 0 Å². The van der Waals surface area contributed by atoms with Crippen molar-refractivity contribution in [1.29, 1.82) is 5.26 Å². The number of benzene rings is 1. The molecule has 1 saturated carbocycles.